The highest BCUT2D eigenvalue weighted by molar-refractivity contribution is 6.19. The number of benzene rings is 8. The summed E-state index contributed by atoms with van der Waals surface area (Å²) in [5.74, 6) is 0. The molecule has 338 valence electrons. The van der Waals surface area contributed by atoms with Crippen LogP contribution in [0.4, 0.5) is 0 Å². The van der Waals surface area contributed by atoms with Gasteiger partial charge < -0.3 is 9.13 Å². The molecule has 0 bridgehead atoms. The van der Waals surface area contributed by atoms with Gasteiger partial charge in [0.15, 0.2) is 0 Å². The van der Waals surface area contributed by atoms with Gasteiger partial charge in [-0.1, -0.05) is 190 Å². The zero-order valence-electron chi connectivity index (χ0n) is 40.2. The van der Waals surface area contributed by atoms with Crippen molar-refractivity contribution in [3.63, 3.8) is 0 Å². The lowest BCUT2D eigenvalue weighted by molar-refractivity contribution is 1.04. The maximum atomic E-state index is 4.28. The summed E-state index contributed by atoms with van der Waals surface area (Å²) in [4.78, 5) is 0. The molecule has 0 N–H and O–H groups in total. The molecule has 0 radical (unpaired) electrons. The number of hydrogen-bond donors (Lipinski definition) is 0. The van der Waals surface area contributed by atoms with Crippen molar-refractivity contribution in [2.75, 3.05) is 0 Å². The minimum absolute atomic E-state index is 0.913. The maximum Gasteiger partial charge on any atom is 0.0620 e. The number of nitrogens with zero attached hydrogens (tertiary/aromatic N) is 2. The quantitative estimate of drug-likeness (QED) is 0.108. The highest BCUT2D eigenvalue weighted by Crippen LogP contribution is 2.46. The van der Waals surface area contributed by atoms with Gasteiger partial charge in [0.2, 0.25) is 0 Å². The molecule has 0 atom stereocenters. The zero-order valence-corrected chi connectivity index (χ0v) is 40.2. The summed E-state index contributed by atoms with van der Waals surface area (Å²) < 4.78 is 5.03. The fraction of sp³-hybridized carbons (Fsp3) is 0.0882. The lowest BCUT2D eigenvalue weighted by Crippen LogP contribution is -1.99. The number of hydrogen-bond acceptors (Lipinski definition) is 0. The van der Waals surface area contributed by atoms with E-state index < -0.39 is 0 Å². The third kappa shape index (κ3) is 7.92. The number of para-hydroxylation sites is 2. The maximum absolute atomic E-state index is 4.28. The van der Waals surface area contributed by atoms with Gasteiger partial charge in [0.25, 0.3) is 0 Å². The van der Waals surface area contributed by atoms with Gasteiger partial charge in [-0.3, -0.25) is 0 Å². The third-order valence-electron chi connectivity index (χ3n) is 13.8. The Balaban J connectivity index is 1.26. The van der Waals surface area contributed by atoms with Crippen LogP contribution in [0.5, 0.6) is 0 Å². The Morgan fingerprint density at radius 3 is 1.96 bits per heavy atom. The SMILES string of the molecule is C=C/C(=C\C=C/C)c1cc(C(/C=C\C)=C/CC)c2c(c1)c1cccc(-c3ccc4c(c3)c3cc(C5=CCCC=C5)cc(-c5ccccc5)c3n4-c3cccc(-c4ccccc4)c3)c1n2-c1ccccc1. The van der Waals surface area contributed by atoms with Crippen LogP contribution in [0.3, 0.4) is 0 Å². The molecule has 0 saturated heterocycles. The van der Waals surface area contributed by atoms with Gasteiger partial charge in [-0.25, -0.2) is 0 Å². The van der Waals surface area contributed by atoms with Crippen molar-refractivity contribution < 1.29 is 0 Å². The topological polar surface area (TPSA) is 9.86 Å². The fourth-order valence-corrected chi connectivity index (χ4v) is 10.7. The van der Waals surface area contributed by atoms with Crippen molar-refractivity contribution in [2.45, 2.75) is 40.0 Å². The van der Waals surface area contributed by atoms with E-state index in [9.17, 15) is 0 Å². The Kier molecular flexibility index (Phi) is 12.1. The molecule has 10 aromatic rings. The van der Waals surface area contributed by atoms with E-state index in [1.54, 1.807) is 0 Å². The normalized spacial score (nSPS) is 13.4. The lowest BCUT2D eigenvalue weighted by Gasteiger charge is -2.16. The summed E-state index contributed by atoms with van der Waals surface area (Å²) in [6, 6.07) is 65.3. The molecule has 70 heavy (non-hydrogen) atoms. The molecule has 2 aromatic heterocycles. The predicted octanol–water partition coefficient (Wildman–Crippen LogP) is 19.1. The molecule has 1 aliphatic rings. The highest BCUT2D eigenvalue weighted by atomic mass is 15.0. The molecule has 11 rings (SSSR count). The van der Waals surface area contributed by atoms with E-state index in [-0.39, 0.29) is 0 Å². The lowest BCUT2D eigenvalue weighted by atomic mass is 9.92. The van der Waals surface area contributed by atoms with E-state index in [1.165, 1.54) is 93.7 Å². The average molecular weight is 901 g/mol. The van der Waals surface area contributed by atoms with Crippen LogP contribution in [0, 0.1) is 0 Å². The monoisotopic (exact) mass is 900 g/mol. The minimum Gasteiger partial charge on any atom is -0.309 e. The van der Waals surface area contributed by atoms with Crippen molar-refractivity contribution in [1.82, 2.24) is 9.13 Å². The van der Waals surface area contributed by atoms with Crippen molar-refractivity contribution in [2.24, 2.45) is 0 Å². The standard InChI is InChI=1S/C68H56N2/c1-5-9-26-47(8-4)54-43-60(50(24-6-2)25-7-3)68-63(45-54)59-38-23-37-58(66(59)70(68)56-34-20-13-21-35-56)53-39-40-65-62(42-53)64-46-55(49-29-16-11-17-30-49)44-61(51-31-18-12-19-32-51)67(64)69(65)57-36-22-33-52(41-57)48-27-14-10-15-28-48/h5-6,8-10,12-16,18-46H,4,7,11,17H2,1-3H3/b9-5-,24-6-,47-26+,50-25+. The minimum atomic E-state index is 0.913. The van der Waals surface area contributed by atoms with Gasteiger partial charge in [-0.15, -0.1) is 0 Å². The van der Waals surface area contributed by atoms with Gasteiger partial charge in [-0.05, 0) is 144 Å². The molecule has 8 aromatic carbocycles. The van der Waals surface area contributed by atoms with Gasteiger partial charge in [0.05, 0.1) is 22.1 Å². The van der Waals surface area contributed by atoms with E-state index in [4.69, 9.17) is 0 Å². The molecular formula is C68H56N2. The van der Waals surface area contributed by atoms with Crippen LogP contribution in [-0.2, 0) is 0 Å². The van der Waals surface area contributed by atoms with Crippen molar-refractivity contribution in [3.8, 4) is 44.8 Å². The molecule has 0 unspecified atom stereocenters. The Morgan fingerprint density at radius 2 is 1.23 bits per heavy atom. The summed E-state index contributed by atoms with van der Waals surface area (Å²) in [5.41, 5.74) is 21.2. The summed E-state index contributed by atoms with van der Waals surface area (Å²) >= 11 is 0. The molecule has 1 aliphatic carbocycles. The molecule has 0 fully saturated rings. The van der Waals surface area contributed by atoms with Crippen LogP contribution in [0.25, 0.3) is 105 Å². The molecule has 2 heterocycles. The number of fused-ring (bicyclic) bond motifs is 6. The largest absolute Gasteiger partial charge is 0.309 e. The molecule has 0 amide bonds. The second kappa shape index (κ2) is 19.3. The summed E-state index contributed by atoms with van der Waals surface area (Å²) in [7, 11) is 0. The van der Waals surface area contributed by atoms with E-state index in [0.717, 1.165) is 47.3 Å². The van der Waals surface area contributed by atoms with Crippen LogP contribution >= 0.6 is 0 Å². The molecule has 2 heteroatoms. The van der Waals surface area contributed by atoms with Gasteiger partial charge in [0.1, 0.15) is 0 Å². The number of aromatic nitrogens is 2. The molecular weight excluding hydrogens is 845 g/mol. The zero-order chi connectivity index (χ0) is 47.6. The van der Waals surface area contributed by atoms with Crippen LogP contribution < -0.4 is 0 Å². The van der Waals surface area contributed by atoms with E-state index in [2.05, 4.69) is 267 Å². The first-order chi connectivity index (χ1) is 34.6. The Labute approximate surface area is 412 Å². The Bertz CT molecular complexity index is 3810. The Hall–Kier alpha value is -8.46. The van der Waals surface area contributed by atoms with Crippen LogP contribution in [0.15, 0.2) is 243 Å². The average Bonchev–Trinajstić information content (AvgIpc) is 3.94. The van der Waals surface area contributed by atoms with Gasteiger partial charge in [0, 0.05) is 49.6 Å². The molecule has 0 aliphatic heterocycles. The van der Waals surface area contributed by atoms with Crippen molar-refractivity contribution >= 4 is 60.3 Å². The van der Waals surface area contributed by atoms with Crippen LogP contribution in [-0.4, -0.2) is 9.13 Å². The smallest absolute Gasteiger partial charge is 0.0620 e. The summed E-state index contributed by atoms with van der Waals surface area (Å²) in [6.07, 6.45) is 25.1. The fourth-order valence-electron chi connectivity index (χ4n) is 10.7. The first-order valence-electron chi connectivity index (χ1n) is 24.7. The van der Waals surface area contributed by atoms with Gasteiger partial charge in [-0.2, -0.15) is 0 Å². The highest BCUT2D eigenvalue weighted by Gasteiger charge is 2.24. The second-order valence-corrected chi connectivity index (χ2v) is 18.1. The predicted molar refractivity (Wildman–Crippen MR) is 304 cm³/mol. The molecule has 2 nitrogen and oxygen atoms in total. The summed E-state index contributed by atoms with van der Waals surface area (Å²) in [5, 5.41) is 4.85. The Morgan fingerprint density at radius 1 is 0.529 bits per heavy atom. The van der Waals surface area contributed by atoms with E-state index in [1.807, 2.05) is 6.08 Å². The van der Waals surface area contributed by atoms with E-state index in [0.29, 0.717) is 0 Å². The third-order valence-corrected chi connectivity index (χ3v) is 13.8. The second-order valence-electron chi connectivity index (χ2n) is 18.1. The molecule has 0 spiro atoms. The van der Waals surface area contributed by atoms with Crippen LogP contribution in [0.2, 0.25) is 0 Å². The van der Waals surface area contributed by atoms with Crippen molar-refractivity contribution in [3.05, 3.63) is 260 Å². The van der Waals surface area contributed by atoms with Crippen molar-refractivity contribution in [1.29, 1.82) is 0 Å². The first-order valence-corrected chi connectivity index (χ1v) is 24.7. The number of rotatable bonds is 12. The van der Waals surface area contributed by atoms with Gasteiger partial charge >= 0.3 is 0 Å². The summed E-state index contributed by atoms with van der Waals surface area (Å²) in [6.45, 7) is 10.7. The first kappa shape index (κ1) is 44.1. The van der Waals surface area contributed by atoms with E-state index >= 15 is 0 Å². The molecule has 0 saturated carbocycles. The van der Waals surface area contributed by atoms with Crippen LogP contribution in [0.1, 0.15) is 56.7 Å². The number of allylic oxidation sites excluding steroid dienone is 13.